The molecule has 0 saturated carbocycles. The summed E-state index contributed by atoms with van der Waals surface area (Å²) in [5, 5.41) is 10.1. The van der Waals surface area contributed by atoms with E-state index in [0.717, 1.165) is 56.1 Å². The molecule has 23 heavy (non-hydrogen) atoms. The molecule has 2 saturated heterocycles. The van der Waals surface area contributed by atoms with Crippen LogP contribution in [0.4, 0.5) is 5.13 Å². The summed E-state index contributed by atoms with van der Waals surface area (Å²) in [6, 6.07) is 1.98. The third-order valence-electron chi connectivity index (χ3n) is 4.90. The maximum Gasteiger partial charge on any atom is 0.245 e. The van der Waals surface area contributed by atoms with Crippen molar-refractivity contribution < 1.29 is 4.79 Å². The van der Waals surface area contributed by atoms with Crippen molar-refractivity contribution in [2.75, 3.05) is 24.5 Å². The van der Waals surface area contributed by atoms with Gasteiger partial charge in [0.1, 0.15) is 6.04 Å². The van der Waals surface area contributed by atoms with Crippen LogP contribution in [0.25, 0.3) is 0 Å². The zero-order valence-corrected chi connectivity index (χ0v) is 13.8. The Morgan fingerprint density at radius 2 is 2.17 bits per heavy atom. The van der Waals surface area contributed by atoms with Crippen molar-refractivity contribution in [3.63, 3.8) is 0 Å². The van der Waals surface area contributed by atoms with Gasteiger partial charge < -0.3 is 9.80 Å². The zero-order chi connectivity index (χ0) is 15.6. The minimum Gasteiger partial charge on any atom is -0.340 e. The second-order valence-corrected chi connectivity index (χ2v) is 7.17. The molecule has 2 aromatic rings. The fraction of sp³-hybridized carbons (Fsp3) is 0.562. The SMILES string of the molecule is O=C([C@H]1CCCN1c1nccs1)N1CCC[C@@H](c2ccn[nH]2)C1. The maximum atomic E-state index is 13.1. The number of H-pyrrole nitrogens is 1. The van der Waals surface area contributed by atoms with Crippen LogP contribution in [0.1, 0.15) is 37.3 Å². The first-order chi connectivity index (χ1) is 11.3. The molecule has 0 aromatic carbocycles. The van der Waals surface area contributed by atoms with E-state index in [1.165, 1.54) is 0 Å². The lowest BCUT2D eigenvalue weighted by Gasteiger charge is -2.35. The number of hydrogen-bond donors (Lipinski definition) is 1. The van der Waals surface area contributed by atoms with Gasteiger partial charge in [-0.1, -0.05) is 0 Å². The van der Waals surface area contributed by atoms with E-state index in [1.807, 2.05) is 22.5 Å². The first-order valence-corrected chi connectivity index (χ1v) is 9.15. The molecule has 4 heterocycles. The number of hydrogen-bond acceptors (Lipinski definition) is 5. The van der Waals surface area contributed by atoms with Crippen molar-refractivity contribution in [2.24, 2.45) is 0 Å². The van der Waals surface area contributed by atoms with Crippen LogP contribution in [0.15, 0.2) is 23.8 Å². The molecule has 0 unspecified atom stereocenters. The number of amides is 1. The molecule has 0 aliphatic carbocycles. The van der Waals surface area contributed by atoms with Gasteiger partial charge in [-0.25, -0.2) is 4.98 Å². The van der Waals surface area contributed by atoms with Gasteiger partial charge in [-0.05, 0) is 31.7 Å². The van der Waals surface area contributed by atoms with Crippen LogP contribution in [-0.2, 0) is 4.79 Å². The predicted molar refractivity (Wildman–Crippen MR) is 89.6 cm³/mol. The number of rotatable bonds is 3. The molecule has 122 valence electrons. The van der Waals surface area contributed by atoms with E-state index in [0.29, 0.717) is 5.92 Å². The third-order valence-corrected chi connectivity index (χ3v) is 5.71. The number of nitrogens with zero attached hydrogens (tertiary/aromatic N) is 4. The maximum absolute atomic E-state index is 13.1. The molecule has 4 rings (SSSR count). The smallest absolute Gasteiger partial charge is 0.245 e. The normalized spacial score (nSPS) is 25.0. The number of carbonyl (C=O) groups is 1. The molecule has 1 N–H and O–H groups in total. The Morgan fingerprint density at radius 3 is 2.96 bits per heavy atom. The highest BCUT2D eigenvalue weighted by Crippen LogP contribution is 2.31. The number of aromatic amines is 1. The molecular weight excluding hydrogens is 310 g/mol. The van der Waals surface area contributed by atoms with Crippen molar-refractivity contribution in [1.29, 1.82) is 0 Å². The van der Waals surface area contributed by atoms with Gasteiger partial charge in [-0.2, -0.15) is 5.10 Å². The number of thiazole rings is 1. The summed E-state index contributed by atoms with van der Waals surface area (Å²) < 4.78 is 0. The van der Waals surface area contributed by atoms with Crippen LogP contribution in [0.2, 0.25) is 0 Å². The largest absolute Gasteiger partial charge is 0.340 e. The fourth-order valence-electron chi connectivity index (χ4n) is 3.75. The van der Waals surface area contributed by atoms with E-state index >= 15 is 0 Å². The average molecular weight is 331 g/mol. The molecule has 0 bridgehead atoms. The lowest BCUT2D eigenvalue weighted by atomic mass is 9.94. The molecule has 2 atom stereocenters. The quantitative estimate of drug-likeness (QED) is 0.937. The van der Waals surface area contributed by atoms with Gasteiger partial charge in [-0.3, -0.25) is 9.89 Å². The summed E-state index contributed by atoms with van der Waals surface area (Å²) in [7, 11) is 0. The van der Waals surface area contributed by atoms with Gasteiger partial charge in [0.2, 0.25) is 5.91 Å². The van der Waals surface area contributed by atoms with Crippen LogP contribution < -0.4 is 4.90 Å². The first kappa shape index (κ1) is 14.7. The lowest BCUT2D eigenvalue weighted by molar-refractivity contribution is -0.133. The van der Waals surface area contributed by atoms with Gasteiger partial charge in [0.05, 0.1) is 0 Å². The molecule has 0 spiro atoms. The highest BCUT2D eigenvalue weighted by atomic mass is 32.1. The summed E-state index contributed by atoms with van der Waals surface area (Å²) >= 11 is 1.62. The molecule has 7 heteroatoms. The topological polar surface area (TPSA) is 65.1 Å². The van der Waals surface area contributed by atoms with E-state index in [9.17, 15) is 4.79 Å². The third kappa shape index (κ3) is 2.85. The summed E-state index contributed by atoms with van der Waals surface area (Å²) in [6.45, 7) is 2.59. The molecule has 2 aliphatic heterocycles. The van der Waals surface area contributed by atoms with E-state index in [4.69, 9.17) is 0 Å². The highest BCUT2D eigenvalue weighted by Gasteiger charge is 2.36. The summed E-state index contributed by atoms with van der Waals surface area (Å²) in [6.07, 6.45) is 7.77. The number of piperidine rings is 1. The van der Waals surface area contributed by atoms with Gasteiger partial charge in [-0.15, -0.1) is 11.3 Å². The summed E-state index contributed by atoms with van der Waals surface area (Å²) in [5.74, 6) is 0.645. The zero-order valence-electron chi connectivity index (χ0n) is 13.0. The standard InChI is InChI=1S/C16H21N5OS/c22-15(14-4-2-9-21(14)16-17-7-10-23-16)20-8-1-3-12(11-20)13-5-6-18-19-13/h5-7,10,12,14H,1-4,8-9,11H2,(H,18,19)/t12-,14-/m1/s1. The lowest BCUT2D eigenvalue weighted by Crippen LogP contribution is -2.49. The molecular formula is C16H21N5OS. The fourth-order valence-corrected chi connectivity index (χ4v) is 4.47. The minimum atomic E-state index is -0.0401. The van der Waals surface area contributed by atoms with Crippen molar-refractivity contribution in [3.05, 3.63) is 29.5 Å². The Kier molecular flexibility index (Phi) is 4.03. The Hall–Kier alpha value is -1.89. The van der Waals surface area contributed by atoms with Crippen molar-refractivity contribution in [1.82, 2.24) is 20.1 Å². The summed E-state index contributed by atoms with van der Waals surface area (Å²) in [4.78, 5) is 21.7. The van der Waals surface area contributed by atoms with Crippen LogP contribution in [0, 0.1) is 0 Å². The second-order valence-electron chi connectivity index (χ2n) is 6.30. The number of likely N-dealkylation sites (tertiary alicyclic amines) is 1. The van der Waals surface area contributed by atoms with E-state index in [-0.39, 0.29) is 11.9 Å². The monoisotopic (exact) mass is 331 g/mol. The molecule has 2 aromatic heterocycles. The molecule has 2 fully saturated rings. The second kappa shape index (κ2) is 6.31. The van der Waals surface area contributed by atoms with Gasteiger partial charge in [0, 0.05) is 49.0 Å². The molecule has 2 aliphatic rings. The van der Waals surface area contributed by atoms with Crippen molar-refractivity contribution in [3.8, 4) is 0 Å². The minimum absolute atomic E-state index is 0.0401. The van der Waals surface area contributed by atoms with Gasteiger partial charge >= 0.3 is 0 Å². The molecule has 0 radical (unpaired) electrons. The predicted octanol–water partition coefficient (Wildman–Crippen LogP) is 2.24. The van der Waals surface area contributed by atoms with E-state index < -0.39 is 0 Å². The summed E-state index contributed by atoms with van der Waals surface area (Å²) in [5.41, 5.74) is 1.14. The van der Waals surface area contributed by atoms with Gasteiger partial charge in [0.15, 0.2) is 5.13 Å². The van der Waals surface area contributed by atoms with Crippen LogP contribution in [0.5, 0.6) is 0 Å². The Labute approximate surface area is 139 Å². The van der Waals surface area contributed by atoms with Crippen LogP contribution in [0.3, 0.4) is 0 Å². The van der Waals surface area contributed by atoms with Gasteiger partial charge in [0.25, 0.3) is 0 Å². The Bertz CT molecular complexity index is 641. The Morgan fingerprint density at radius 1 is 1.26 bits per heavy atom. The van der Waals surface area contributed by atoms with E-state index in [1.54, 1.807) is 17.5 Å². The van der Waals surface area contributed by atoms with Crippen molar-refractivity contribution >= 4 is 22.4 Å². The number of aromatic nitrogens is 3. The highest BCUT2D eigenvalue weighted by molar-refractivity contribution is 7.13. The Balaban J connectivity index is 1.47. The number of nitrogens with one attached hydrogen (secondary N) is 1. The molecule has 6 nitrogen and oxygen atoms in total. The number of anilines is 1. The first-order valence-electron chi connectivity index (χ1n) is 8.27. The van der Waals surface area contributed by atoms with E-state index in [2.05, 4.69) is 20.1 Å². The van der Waals surface area contributed by atoms with Crippen LogP contribution >= 0.6 is 11.3 Å². The van der Waals surface area contributed by atoms with Crippen LogP contribution in [-0.4, -0.2) is 51.7 Å². The number of carbonyl (C=O) groups excluding carboxylic acids is 1. The average Bonchev–Trinajstić information content (AvgIpc) is 3.35. The van der Waals surface area contributed by atoms with Crippen molar-refractivity contribution in [2.45, 2.75) is 37.6 Å². The molecule has 1 amide bonds.